The van der Waals surface area contributed by atoms with Crippen molar-refractivity contribution in [1.82, 2.24) is 14.9 Å². The van der Waals surface area contributed by atoms with Gasteiger partial charge in [-0.15, -0.1) is 11.3 Å². The molecule has 1 N–H and O–H groups in total. The van der Waals surface area contributed by atoms with E-state index in [-0.39, 0.29) is 17.2 Å². The Labute approximate surface area is 202 Å². The highest BCUT2D eigenvalue weighted by Crippen LogP contribution is 2.44. The van der Waals surface area contributed by atoms with Crippen LogP contribution in [0.3, 0.4) is 0 Å². The Kier molecular flexibility index (Phi) is 8.02. The average Bonchev–Trinajstić information content (AvgIpc) is 3.21. The predicted molar refractivity (Wildman–Crippen MR) is 129 cm³/mol. The van der Waals surface area contributed by atoms with Crippen molar-refractivity contribution in [3.63, 3.8) is 0 Å². The average molecular weight is 495 g/mol. The van der Waals surface area contributed by atoms with E-state index in [4.69, 9.17) is 0 Å². The van der Waals surface area contributed by atoms with Gasteiger partial charge in [0, 0.05) is 55.7 Å². The second-order valence-corrected chi connectivity index (χ2v) is 11.0. The molecular weight excluding hydrogens is 462 g/mol. The van der Waals surface area contributed by atoms with Crippen molar-refractivity contribution >= 4 is 23.5 Å². The largest absolute Gasteiger partial charge is 0.481 e. The molecule has 1 fully saturated rings. The maximum Gasteiger partial charge on any atom is 0.388 e. The number of aromatic nitrogens is 2. The molecule has 1 aliphatic rings. The van der Waals surface area contributed by atoms with Gasteiger partial charge in [-0.05, 0) is 30.2 Å². The van der Waals surface area contributed by atoms with Crippen molar-refractivity contribution in [2.24, 2.45) is 21.7 Å². The van der Waals surface area contributed by atoms with Crippen LogP contribution in [0.5, 0.6) is 5.88 Å². The van der Waals surface area contributed by atoms with Crippen molar-refractivity contribution < 1.29 is 23.4 Å². The van der Waals surface area contributed by atoms with Crippen LogP contribution in [0, 0.1) is 16.7 Å². The molecule has 0 unspecified atom stereocenters. The highest BCUT2D eigenvalue weighted by molar-refractivity contribution is 7.15. The number of thiazole rings is 1. The fourth-order valence-electron chi connectivity index (χ4n) is 4.41. The fourth-order valence-corrected chi connectivity index (χ4v) is 5.38. The third-order valence-corrected chi connectivity index (χ3v) is 7.53. The van der Waals surface area contributed by atoms with Crippen molar-refractivity contribution in [2.75, 3.05) is 20.1 Å². The second kappa shape index (κ2) is 10.4. The van der Waals surface area contributed by atoms with E-state index in [1.807, 2.05) is 6.92 Å². The van der Waals surface area contributed by atoms with Crippen LogP contribution in [0.2, 0.25) is 0 Å². The van der Waals surface area contributed by atoms with Crippen molar-refractivity contribution in [3.8, 4) is 16.5 Å². The predicted octanol–water partition coefficient (Wildman–Crippen LogP) is 5.20. The van der Waals surface area contributed by atoms with E-state index in [0.717, 1.165) is 11.4 Å². The lowest BCUT2D eigenvalue weighted by molar-refractivity contribution is -0.156. The minimum Gasteiger partial charge on any atom is -0.481 e. The third kappa shape index (κ3) is 5.96. The Morgan fingerprint density at radius 1 is 1.41 bits per heavy atom. The molecule has 2 aromatic rings. The Morgan fingerprint density at radius 3 is 2.74 bits per heavy atom. The first-order valence-electron chi connectivity index (χ1n) is 11.2. The zero-order chi connectivity index (χ0) is 25.1. The molecule has 10 heteroatoms. The number of hydrogen-bond donors (Lipinski definition) is 1. The van der Waals surface area contributed by atoms with E-state index < -0.39 is 18.0 Å². The molecule has 7 nitrogen and oxygen atoms in total. The van der Waals surface area contributed by atoms with E-state index in [1.54, 1.807) is 25.5 Å². The number of ether oxygens (including phenoxy) is 1. The number of alkyl halides is 2. The molecular formula is C24H32F2N4O3S. The van der Waals surface area contributed by atoms with Gasteiger partial charge in [0.25, 0.3) is 0 Å². The molecule has 0 aromatic carbocycles. The van der Waals surface area contributed by atoms with Crippen molar-refractivity contribution in [3.05, 3.63) is 28.9 Å². The summed E-state index contributed by atoms with van der Waals surface area (Å²) in [5, 5.41) is 10.6. The molecule has 0 aliphatic carbocycles. The van der Waals surface area contributed by atoms with Gasteiger partial charge in [0.2, 0.25) is 5.88 Å². The lowest BCUT2D eigenvalue weighted by Gasteiger charge is -2.47. The number of carboxylic acids is 1. The van der Waals surface area contributed by atoms with E-state index in [1.165, 1.54) is 17.5 Å². The molecule has 1 saturated heterocycles. The number of carboxylic acid groups (broad SMARTS) is 1. The summed E-state index contributed by atoms with van der Waals surface area (Å²) in [6.45, 7) is 7.17. The van der Waals surface area contributed by atoms with Gasteiger partial charge in [0.05, 0.1) is 11.0 Å². The van der Waals surface area contributed by atoms with Gasteiger partial charge >= 0.3 is 12.6 Å². The number of aliphatic carboxylic acids is 1. The Morgan fingerprint density at radius 2 is 2.15 bits per heavy atom. The van der Waals surface area contributed by atoms with Gasteiger partial charge in [-0.3, -0.25) is 14.7 Å². The van der Waals surface area contributed by atoms with Crippen LogP contribution >= 0.6 is 11.3 Å². The van der Waals surface area contributed by atoms with E-state index in [0.29, 0.717) is 42.1 Å². The lowest BCUT2D eigenvalue weighted by atomic mass is 9.66. The number of hydrogen-bond acceptors (Lipinski definition) is 7. The molecule has 0 spiro atoms. The second-order valence-electron chi connectivity index (χ2n) is 9.89. The van der Waals surface area contributed by atoms with Crippen LogP contribution in [0.25, 0.3) is 10.6 Å². The first-order valence-corrected chi connectivity index (χ1v) is 12.1. The molecule has 0 bridgehead atoms. The zero-order valence-electron chi connectivity index (χ0n) is 20.2. The summed E-state index contributed by atoms with van der Waals surface area (Å²) in [4.78, 5) is 27.8. The number of piperidine rings is 1. The standard InChI is InChI=1S/C24H32F2N4O3S/c1-6-24(21(31)32)8-16(23(2,3)4)12-30(14-24)13-17-11-29-20(34-17)18-7-15(9-27-5)10-28-19(18)33-22(25)26/h7,9-11,16,22H,6,8,12-14H2,1-5H3,(H,31,32)/t16-,24-/m1/s1. The molecule has 34 heavy (non-hydrogen) atoms. The fraction of sp³-hybridized carbons (Fsp3) is 0.583. The molecule has 2 atom stereocenters. The quantitative estimate of drug-likeness (QED) is 0.507. The van der Waals surface area contributed by atoms with Crippen LogP contribution < -0.4 is 4.74 Å². The highest BCUT2D eigenvalue weighted by atomic mass is 32.1. The summed E-state index contributed by atoms with van der Waals surface area (Å²) in [6.07, 6.45) is 5.92. The molecule has 2 aromatic heterocycles. The van der Waals surface area contributed by atoms with Gasteiger partial charge in [-0.25, -0.2) is 9.97 Å². The summed E-state index contributed by atoms with van der Waals surface area (Å²) in [7, 11) is 1.61. The number of pyridine rings is 1. The zero-order valence-corrected chi connectivity index (χ0v) is 21.0. The van der Waals surface area contributed by atoms with Crippen LogP contribution in [-0.2, 0) is 11.3 Å². The van der Waals surface area contributed by atoms with Gasteiger partial charge in [0.15, 0.2) is 0 Å². The van der Waals surface area contributed by atoms with E-state index in [9.17, 15) is 18.7 Å². The van der Waals surface area contributed by atoms with Crippen LogP contribution in [0.15, 0.2) is 23.5 Å². The normalized spacial score (nSPS) is 21.9. The summed E-state index contributed by atoms with van der Waals surface area (Å²) < 4.78 is 30.5. The number of aliphatic imine (C=N–C) groups is 1. The first-order chi connectivity index (χ1) is 16.0. The maximum atomic E-state index is 12.9. The molecule has 1 aliphatic heterocycles. The minimum atomic E-state index is -3.00. The summed E-state index contributed by atoms with van der Waals surface area (Å²) in [6, 6.07) is 1.67. The Balaban J connectivity index is 1.89. The molecule has 0 amide bonds. The van der Waals surface area contributed by atoms with E-state index >= 15 is 0 Å². The van der Waals surface area contributed by atoms with Gasteiger partial charge in [-0.1, -0.05) is 27.7 Å². The van der Waals surface area contributed by atoms with Crippen LogP contribution in [-0.4, -0.2) is 58.9 Å². The number of rotatable bonds is 8. The molecule has 0 radical (unpaired) electrons. The monoisotopic (exact) mass is 494 g/mol. The third-order valence-electron chi connectivity index (χ3n) is 6.51. The number of likely N-dealkylation sites (tertiary alicyclic amines) is 1. The Hall–Kier alpha value is -2.46. The number of halogens is 2. The summed E-state index contributed by atoms with van der Waals surface area (Å²) in [5.74, 6) is -0.719. The molecule has 3 rings (SSSR count). The number of nitrogens with zero attached hydrogens (tertiary/aromatic N) is 4. The summed E-state index contributed by atoms with van der Waals surface area (Å²) in [5.41, 5.74) is 0.199. The lowest BCUT2D eigenvalue weighted by Crippen LogP contribution is -2.53. The van der Waals surface area contributed by atoms with Crippen LogP contribution in [0.4, 0.5) is 8.78 Å². The summed E-state index contributed by atoms with van der Waals surface area (Å²) >= 11 is 1.36. The van der Waals surface area contributed by atoms with Gasteiger partial charge in [0.1, 0.15) is 5.01 Å². The molecule has 3 heterocycles. The van der Waals surface area contributed by atoms with Crippen molar-refractivity contribution in [2.45, 2.75) is 53.7 Å². The molecule has 0 saturated carbocycles. The van der Waals surface area contributed by atoms with Crippen molar-refractivity contribution in [1.29, 1.82) is 0 Å². The van der Waals surface area contributed by atoms with Crippen LogP contribution in [0.1, 0.15) is 51.0 Å². The van der Waals surface area contributed by atoms with E-state index in [2.05, 4.69) is 45.4 Å². The highest BCUT2D eigenvalue weighted by Gasteiger charge is 2.47. The topological polar surface area (TPSA) is 87.9 Å². The van der Waals surface area contributed by atoms with Gasteiger partial charge < -0.3 is 9.84 Å². The number of carbonyl (C=O) groups is 1. The smallest absolute Gasteiger partial charge is 0.388 e. The maximum absolute atomic E-state index is 12.9. The van der Waals surface area contributed by atoms with Gasteiger partial charge in [-0.2, -0.15) is 8.78 Å². The Bertz CT molecular complexity index is 1040. The minimum absolute atomic E-state index is 0.0259. The first kappa shape index (κ1) is 26.2. The SMILES string of the molecule is CC[C@@]1(C(=O)O)C[C@@H](C(C)(C)C)CN(Cc2cnc(-c3cc(C=NC)cnc3OC(F)F)s2)C1. The molecule has 186 valence electrons.